The normalized spacial score (nSPS) is 13.1. The molecule has 0 aliphatic heterocycles. The quantitative estimate of drug-likeness (QED) is 0.195. The maximum absolute atomic E-state index is 5.07. The molecule has 8 aromatic rings. The van der Waals surface area contributed by atoms with Crippen molar-refractivity contribution in [2.45, 2.75) is 5.41 Å². The minimum atomic E-state index is -0.350. The van der Waals surface area contributed by atoms with Crippen molar-refractivity contribution in [2.24, 2.45) is 0 Å². The van der Waals surface area contributed by atoms with Crippen LogP contribution in [0.2, 0.25) is 0 Å². The molecule has 2 aliphatic rings. The van der Waals surface area contributed by atoms with Crippen molar-refractivity contribution in [1.29, 1.82) is 0 Å². The number of hydrogen-bond donors (Lipinski definition) is 0. The van der Waals surface area contributed by atoms with E-state index in [0.717, 1.165) is 33.9 Å². The third-order valence-corrected chi connectivity index (χ3v) is 10.3. The van der Waals surface area contributed by atoms with Crippen LogP contribution in [0, 0.1) is 0 Å². The zero-order valence-corrected chi connectivity index (χ0v) is 26.7. The first-order valence-corrected chi connectivity index (χ1v) is 16.8. The van der Waals surface area contributed by atoms with E-state index in [1.807, 2.05) is 24.3 Å². The number of fused-ring (bicyclic) bond motifs is 10. The maximum atomic E-state index is 5.07. The molecule has 1 spiro atoms. The first kappa shape index (κ1) is 27.7. The van der Waals surface area contributed by atoms with E-state index in [1.54, 1.807) is 0 Å². The number of benzene rings is 7. The first-order valence-electron chi connectivity index (χ1n) is 16.8. The van der Waals surface area contributed by atoms with Crippen molar-refractivity contribution in [3.63, 3.8) is 0 Å². The summed E-state index contributed by atoms with van der Waals surface area (Å²) >= 11 is 0. The fourth-order valence-corrected chi connectivity index (χ4v) is 8.27. The molecular weight excluding hydrogens is 593 g/mol. The summed E-state index contributed by atoms with van der Waals surface area (Å²) < 4.78 is 0. The smallest absolute Gasteiger partial charge is 0.160 e. The lowest BCUT2D eigenvalue weighted by atomic mass is 9.70. The van der Waals surface area contributed by atoms with E-state index in [9.17, 15) is 0 Å². The van der Waals surface area contributed by atoms with Crippen molar-refractivity contribution in [1.82, 2.24) is 9.97 Å². The van der Waals surface area contributed by atoms with Crippen molar-refractivity contribution in [2.75, 3.05) is 0 Å². The second kappa shape index (κ2) is 10.8. The minimum Gasteiger partial charge on any atom is -0.228 e. The average molecular weight is 623 g/mol. The lowest BCUT2D eigenvalue weighted by Crippen LogP contribution is -2.25. The van der Waals surface area contributed by atoms with Gasteiger partial charge in [-0.15, -0.1) is 0 Å². The summed E-state index contributed by atoms with van der Waals surface area (Å²) in [5, 5.41) is 0. The molecule has 2 heteroatoms. The molecule has 0 atom stereocenters. The van der Waals surface area contributed by atoms with Gasteiger partial charge in [-0.1, -0.05) is 176 Å². The van der Waals surface area contributed by atoms with Gasteiger partial charge in [0.25, 0.3) is 0 Å². The number of hydrogen-bond acceptors (Lipinski definition) is 2. The van der Waals surface area contributed by atoms with Crippen LogP contribution in [0.15, 0.2) is 182 Å². The summed E-state index contributed by atoms with van der Waals surface area (Å²) in [7, 11) is 0. The van der Waals surface area contributed by atoms with Crippen LogP contribution in [0.4, 0.5) is 0 Å². The lowest BCUT2D eigenvalue weighted by Gasteiger charge is -2.30. The van der Waals surface area contributed by atoms with Crippen LogP contribution in [0.25, 0.3) is 67.3 Å². The second-order valence-corrected chi connectivity index (χ2v) is 12.9. The lowest BCUT2D eigenvalue weighted by molar-refractivity contribution is 0.794. The Hall–Kier alpha value is -6.38. The molecule has 0 radical (unpaired) electrons. The molecule has 2 aliphatic carbocycles. The van der Waals surface area contributed by atoms with E-state index < -0.39 is 0 Å². The van der Waals surface area contributed by atoms with Crippen LogP contribution in [0.1, 0.15) is 22.3 Å². The van der Waals surface area contributed by atoms with Gasteiger partial charge in [-0.2, -0.15) is 0 Å². The molecule has 0 bridgehead atoms. The molecule has 228 valence electrons. The van der Waals surface area contributed by atoms with E-state index >= 15 is 0 Å². The summed E-state index contributed by atoms with van der Waals surface area (Å²) in [6.45, 7) is 0. The fourth-order valence-electron chi connectivity index (χ4n) is 8.27. The summed E-state index contributed by atoms with van der Waals surface area (Å²) in [5.41, 5.74) is 17.7. The molecule has 1 aromatic heterocycles. The van der Waals surface area contributed by atoms with Gasteiger partial charge in [-0.25, -0.2) is 9.97 Å². The third-order valence-electron chi connectivity index (χ3n) is 10.3. The Morgan fingerprint density at radius 3 is 1.35 bits per heavy atom. The predicted molar refractivity (Wildman–Crippen MR) is 200 cm³/mol. The number of aromatic nitrogens is 2. The Morgan fingerprint density at radius 1 is 0.306 bits per heavy atom. The molecule has 2 nitrogen and oxygen atoms in total. The van der Waals surface area contributed by atoms with Crippen molar-refractivity contribution in [3.8, 4) is 67.3 Å². The van der Waals surface area contributed by atoms with Gasteiger partial charge in [-0.3, -0.25) is 0 Å². The molecule has 0 saturated heterocycles. The van der Waals surface area contributed by atoms with E-state index in [1.165, 1.54) is 55.6 Å². The second-order valence-electron chi connectivity index (χ2n) is 12.9. The van der Waals surface area contributed by atoms with Gasteiger partial charge < -0.3 is 0 Å². The fraction of sp³-hybridized carbons (Fsp3) is 0.0213. The van der Waals surface area contributed by atoms with Crippen LogP contribution < -0.4 is 0 Å². The van der Waals surface area contributed by atoms with Crippen LogP contribution in [-0.2, 0) is 5.41 Å². The highest BCUT2D eigenvalue weighted by molar-refractivity contribution is 6.00. The van der Waals surface area contributed by atoms with Gasteiger partial charge in [0.1, 0.15) is 0 Å². The Morgan fingerprint density at radius 2 is 0.735 bits per heavy atom. The molecule has 0 amide bonds. The molecule has 0 saturated carbocycles. The monoisotopic (exact) mass is 622 g/mol. The highest BCUT2D eigenvalue weighted by Crippen LogP contribution is 2.63. The molecular formula is C47H30N2. The van der Waals surface area contributed by atoms with E-state index in [2.05, 4.69) is 158 Å². The number of rotatable bonds is 4. The Bertz CT molecular complexity index is 2430. The summed E-state index contributed by atoms with van der Waals surface area (Å²) in [6.07, 6.45) is 0. The largest absolute Gasteiger partial charge is 0.228 e. The van der Waals surface area contributed by atoms with E-state index in [4.69, 9.17) is 9.97 Å². The van der Waals surface area contributed by atoms with Crippen molar-refractivity contribution in [3.05, 3.63) is 204 Å². The number of nitrogens with zero attached hydrogens (tertiary/aromatic N) is 2. The molecule has 0 N–H and O–H groups in total. The Labute approximate surface area is 286 Å². The first-order chi connectivity index (χ1) is 24.3. The van der Waals surface area contributed by atoms with Gasteiger partial charge in [0.05, 0.1) is 16.8 Å². The van der Waals surface area contributed by atoms with Gasteiger partial charge in [0, 0.05) is 16.7 Å². The molecule has 49 heavy (non-hydrogen) atoms. The van der Waals surface area contributed by atoms with Crippen LogP contribution in [-0.4, -0.2) is 9.97 Å². The van der Waals surface area contributed by atoms with Crippen molar-refractivity contribution < 1.29 is 0 Å². The third kappa shape index (κ3) is 4.07. The summed E-state index contributed by atoms with van der Waals surface area (Å²) in [5.74, 6) is 0.723. The van der Waals surface area contributed by atoms with E-state index in [0.29, 0.717) is 0 Å². The van der Waals surface area contributed by atoms with Crippen molar-refractivity contribution >= 4 is 0 Å². The zero-order chi connectivity index (χ0) is 32.4. The SMILES string of the molecule is c1ccc(-c2cc(-c3ccc(-c4cccc5c4-c4ccccc4C54c5ccccc5-c5ccccc54)cc3)nc(-c3ccccc3)n2)cc1. The maximum Gasteiger partial charge on any atom is 0.160 e. The average Bonchev–Trinajstić information content (AvgIpc) is 3.66. The molecule has 10 rings (SSSR count). The molecule has 7 aromatic carbocycles. The van der Waals surface area contributed by atoms with E-state index in [-0.39, 0.29) is 5.41 Å². The molecule has 0 unspecified atom stereocenters. The van der Waals surface area contributed by atoms with Crippen LogP contribution >= 0.6 is 0 Å². The predicted octanol–water partition coefficient (Wildman–Crippen LogP) is 11.5. The Balaban J connectivity index is 1.13. The van der Waals surface area contributed by atoms with Gasteiger partial charge >= 0.3 is 0 Å². The van der Waals surface area contributed by atoms with Crippen LogP contribution in [0.3, 0.4) is 0 Å². The zero-order valence-electron chi connectivity index (χ0n) is 26.7. The highest BCUT2D eigenvalue weighted by Gasteiger charge is 2.51. The highest BCUT2D eigenvalue weighted by atomic mass is 14.9. The standard InChI is InChI=1S/C47H30N2/c1-3-14-32(15-4-1)43-30-44(49-46(48-43)34-16-5-2-6-17-34)33-28-26-31(27-29-33)35-21-13-25-42-45(35)38-20-9-12-24-41(38)47(42)39-22-10-7-18-36(39)37-19-8-11-23-40(37)47/h1-30H. The minimum absolute atomic E-state index is 0.350. The van der Waals surface area contributed by atoms with Gasteiger partial charge in [0.15, 0.2) is 5.82 Å². The molecule has 0 fully saturated rings. The van der Waals surface area contributed by atoms with Gasteiger partial charge in [0.2, 0.25) is 0 Å². The van der Waals surface area contributed by atoms with Crippen LogP contribution in [0.5, 0.6) is 0 Å². The summed E-state index contributed by atoms with van der Waals surface area (Å²) in [4.78, 5) is 10.1. The molecule has 1 heterocycles. The Kier molecular flexibility index (Phi) is 6.13. The van der Waals surface area contributed by atoms with Gasteiger partial charge in [-0.05, 0) is 61.7 Å². The topological polar surface area (TPSA) is 25.8 Å². The summed E-state index contributed by atoms with van der Waals surface area (Å²) in [6, 6.07) is 65.4.